The lowest BCUT2D eigenvalue weighted by Crippen LogP contribution is -2.20. The molecule has 4 heteroatoms. The Balaban J connectivity index is 2.11. The van der Waals surface area contributed by atoms with Crippen molar-refractivity contribution < 1.29 is 0 Å². The normalized spacial score (nSPS) is 11.0. The smallest absolute Gasteiger partial charge is 0.168 e. The summed E-state index contributed by atoms with van der Waals surface area (Å²) in [6, 6.07) is 24.9. The van der Waals surface area contributed by atoms with Gasteiger partial charge in [0.1, 0.15) is 0 Å². The van der Waals surface area contributed by atoms with Crippen LogP contribution in [0.5, 0.6) is 0 Å². The number of rotatable bonds is 2. The molecule has 0 saturated heterocycles. The summed E-state index contributed by atoms with van der Waals surface area (Å²) in [5.41, 5.74) is 9.92. The quantitative estimate of drug-likeness (QED) is 0.537. The Kier molecular flexibility index (Phi) is 3.24. The molecule has 3 aromatic carbocycles. The number of nitrogens with zero attached hydrogens (tertiary/aromatic N) is 1. The molecule has 4 aromatic rings. The van der Waals surface area contributed by atoms with Crippen molar-refractivity contribution in [1.29, 1.82) is 0 Å². The van der Waals surface area contributed by atoms with E-state index in [1.165, 1.54) is 10.8 Å². The summed E-state index contributed by atoms with van der Waals surface area (Å²) >= 11 is 5.02. The molecule has 0 amide bonds. The van der Waals surface area contributed by atoms with Gasteiger partial charge in [-0.05, 0) is 36.5 Å². The molecule has 3 N–H and O–H groups in total. The lowest BCUT2D eigenvalue weighted by Gasteiger charge is -2.14. The van der Waals surface area contributed by atoms with Gasteiger partial charge in [-0.3, -0.25) is 0 Å². The summed E-state index contributed by atoms with van der Waals surface area (Å²) < 4.78 is 2.24. The van der Waals surface area contributed by atoms with Gasteiger partial charge in [-0.25, -0.2) is 0 Å². The molecule has 0 atom stereocenters. The topological polar surface area (TPSA) is 43.0 Å². The van der Waals surface area contributed by atoms with Crippen LogP contribution in [-0.4, -0.2) is 9.68 Å². The molecule has 0 aliphatic carbocycles. The van der Waals surface area contributed by atoms with Crippen LogP contribution in [0.1, 0.15) is 0 Å². The maximum Gasteiger partial charge on any atom is 0.168 e. The van der Waals surface area contributed by atoms with Crippen LogP contribution in [0.25, 0.3) is 27.5 Å². The van der Waals surface area contributed by atoms with Crippen molar-refractivity contribution in [3.05, 3.63) is 72.8 Å². The number of hydrogen-bond donors (Lipinski definition) is 2. The first kappa shape index (κ1) is 13.8. The Morgan fingerprint density at radius 1 is 0.783 bits per heavy atom. The minimum atomic E-state index is 0.262. The maximum atomic E-state index is 5.68. The van der Waals surface area contributed by atoms with Gasteiger partial charge >= 0.3 is 0 Å². The molecule has 1 heterocycles. The van der Waals surface area contributed by atoms with Gasteiger partial charge < -0.3 is 15.6 Å². The predicted molar refractivity (Wildman–Crippen MR) is 101 cm³/mol. The Morgan fingerprint density at radius 3 is 1.91 bits per heavy atom. The Labute approximate surface area is 139 Å². The number of para-hydroxylation sites is 4. The van der Waals surface area contributed by atoms with Crippen molar-refractivity contribution in [3.8, 4) is 5.69 Å². The van der Waals surface area contributed by atoms with E-state index in [1.807, 2.05) is 18.2 Å². The minimum Gasteiger partial charge on any atom is -0.376 e. The molecule has 0 radical (unpaired) electrons. The van der Waals surface area contributed by atoms with Gasteiger partial charge in [0.25, 0.3) is 0 Å². The van der Waals surface area contributed by atoms with Crippen molar-refractivity contribution in [3.63, 3.8) is 0 Å². The number of benzene rings is 3. The largest absolute Gasteiger partial charge is 0.376 e. The van der Waals surface area contributed by atoms with Gasteiger partial charge in [-0.1, -0.05) is 48.5 Å². The first-order chi connectivity index (χ1) is 11.3. The predicted octanol–water partition coefficient (Wildman–Crippen LogP) is 4.44. The third kappa shape index (κ3) is 2.24. The van der Waals surface area contributed by atoms with Gasteiger partial charge in [0.15, 0.2) is 5.11 Å². The van der Waals surface area contributed by atoms with Crippen LogP contribution < -0.4 is 11.1 Å². The average Bonchev–Trinajstić information content (AvgIpc) is 2.90. The van der Waals surface area contributed by atoms with Crippen molar-refractivity contribution >= 4 is 44.8 Å². The number of fused-ring (bicyclic) bond motifs is 3. The van der Waals surface area contributed by atoms with E-state index in [0.717, 1.165) is 22.4 Å². The van der Waals surface area contributed by atoms with E-state index >= 15 is 0 Å². The van der Waals surface area contributed by atoms with E-state index in [4.69, 9.17) is 18.0 Å². The van der Waals surface area contributed by atoms with Crippen LogP contribution in [0, 0.1) is 0 Å². The van der Waals surface area contributed by atoms with Crippen molar-refractivity contribution in [2.24, 2.45) is 5.73 Å². The molecule has 1 aromatic heterocycles. The lowest BCUT2D eigenvalue weighted by atomic mass is 10.2. The second kappa shape index (κ2) is 5.41. The Bertz CT molecular complexity index is 980. The van der Waals surface area contributed by atoms with E-state index < -0.39 is 0 Å². The molecule has 0 spiro atoms. The summed E-state index contributed by atoms with van der Waals surface area (Å²) in [7, 11) is 0. The van der Waals surface area contributed by atoms with Crippen LogP contribution in [0.15, 0.2) is 72.8 Å². The molecule has 0 saturated carbocycles. The van der Waals surface area contributed by atoms with Gasteiger partial charge in [0.2, 0.25) is 0 Å². The van der Waals surface area contributed by atoms with Crippen molar-refractivity contribution in [2.75, 3.05) is 5.32 Å². The molecular weight excluding hydrogens is 302 g/mol. The summed E-state index contributed by atoms with van der Waals surface area (Å²) in [4.78, 5) is 0. The minimum absolute atomic E-state index is 0.262. The van der Waals surface area contributed by atoms with Crippen LogP contribution in [-0.2, 0) is 0 Å². The highest BCUT2D eigenvalue weighted by Crippen LogP contribution is 2.34. The standard InChI is InChI=1S/C19H15N3S/c20-19(23)21-15-9-3-6-12-18(15)22-16-10-4-1-7-13(16)14-8-2-5-11-17(14)22/h1-12H,(H3,20,21,23). The van der Waals surface area contributed by atoms with Crippen LogP contribution in [0.3, 0.4) is 0 Å². The van der Waals surface area contributed by atoms with E-state index in [0.29, 0.717) is 0 Å². The first-order valence-corrected chi connectivity index (χ1v) is 7.80. The average molecular weight is 317 g/mol. The third-order valence-electron chi connectivity index (χ3n) is 3.98. The molecular formula is C19H15N3S. The second-order valence-corrected chi connectivity index (χ2v) is 5.82. The number of anilines is 1. The number of hydrogen-bond acceptors (Lipinski definition) is 1. The molecule has 4 rings (SSSR count). The number of nitrogens with one attached hydrogen (secondary N) is 1. The first-order valence-electron chi connectivity index (χ1n) is 7.40. The summed E-state index contributed by atoms with van der Waals surface area (Å²) in [5, 5.41) is 5.80. The van der Waals surface area contributed by atoms with Gasteiger partial charge in [-0.15, -0.1) is 0 Å². The molecule has 112 valence electrons. The fourth-order valence-corrected chi connectivity index (χ4v) is 3.20. The molecule has 0 unspecified atom stereocenters. The maximum absolute atomic E-state index is 5.68. The van der Waals surface area contributed by atoms with Crippen LogP contribution in [0.4, 0.5) is 5.69 Å². The van der Waals surface area contributed by atoms with Crippen molar-refractivity contribution in [1.82, 2.24) is 4.57 Å². The van der Waals surface area contributed by atoms with Gasteiger partial charge in [-0.2, -0.15) is 0 Å². The summed E-state index contributed by atoms with van der Waals surface area (Å²) in [5.74, 6) is 0. The lowest BCUT2D eigenvalue weighted by molar-refractivity contribution is 1.18. The molecule has 0 aliphatic rings. The molecule has 23 heavy (non-hydrogen) atoms. The zero-order chi connectivity index (χ0) is 15.8. The SMILES string of the molecule is NC(=S)Nc1ccccc1-n1c2ccccc2c2ccccc21. The fourth-order valence-electron chi connectivity index (χ4n) is 3.09. The monoisotopic (exact) mass is 317 g/mol. The molecule has 0 aliphatic heterocycles. The van der Waals surface area contributed by atoms with Gasteiger partial charge in [0.05, 0.1) is 22.4 Å². The fraction of sp³-hybridized carbons (Fsp3) is 0. The summed E-state index contributed by atoms with van der Waals surface area (Å²) in [6.07, 6.45) is 0. The van der Waals surface area contributed by atoms with Crippen molar-refractivity contribution in [2.45, 2.75) is 0 Å². The zero-order valence-corrected chi connectivity index (χ0v) is 13.2. The van der Waals surface area contributed by atoms with E-state index in [2.05, 4.69) is 64.5 Å². The van der Waals surface area contributed by atoms with E-state index in [1.54, 1.807) is 0 Å². The summed E-state index contributed by atoms with van der Waals surface area (Å²) in [6.45, 7) is 0. The Morgan fingerprint density at radius 2 is 1.30 bits per heavy atom. The number of thiocarbonyl (C=S) groups is 1. The molecule has 0 bridgehead atoms. The highest BCUT2D eigenvalue weighted by Gasteiger charge is 2.13. The Hall–Kier alpha value is -2.85. The highest BCUT2D eigenvalue weighted by molar-refractivity contribution is 7.80. The second-order valence-electron chi connectivity index (χ2n) is 5.38. The van der Waals surface area contributed by atoms with Gasteiger partial charge in [0, 0.05) is 10.8 Å². The van der Waals surface area contributed by atoms with E-state index in [9.17, 15) is 0 Å². The third-order valence-corrected chi connectivity index (χ3v) is 4.08. The number of aromatic nitrogens is 1. The number of nitrogens with two attached hydrogens (primary N) is 1. The van der Waals surface area contributed by atoms with Crippen LogP contribution in [0.2, 0.25) is 0 Å². The van der Waals surface area contributed by atoms with Crippen LogP contribution >= 0.6 is 12.2 Å². The highest BCUT2D eigenvalue weighted by atomic mass is 32.1. The molecule has 0 fully saturated rings. The zero-order valence-electron chi connectivity index (χ0n) is 12.4. The molecule has 3 nitrogen and oxygen atoms in total. The van der Waals surface area contributed by atoms with E-state index in [-0.39, 0.29) is 5.11 Å².